The predicted molar refractivity (Wildman–Crippen MR) is 47.4 cm³/mol. The topological polar surface area (TPSA) is 63.3 Å². The molecule has 3 nitrogen and oxygen atoms in total. The number of hydrogen-bond acceptors (Lipinski definition) is 2. The Morgan fingerprint density at radius 3 is 2.64 bits per heavy atom. The summed E-state index contributed by atoms with van der Waals surface area (Å²) < 4.78 is 0.984. The molecule has 0 spiro atoms. The molecule has 0 fully saturated rings. The fraction of sp³-hybridized carbons (Fsp3) is 0. The first kappa shape index (κ1) is 8.13. The summed E-state index contributed by atoms with van der Waals surface area (Å²) in [4.78, 5) is 10.5. The standard InChI is InChI=1S/C7H9GeNO2/c8-5-3-1-2-4(6(5)9)7(10)11/h1-3H,9H2,8H3,(H,10,11). The van der Waals surface area contributed by atoms with Gasteiger partial charge in [0.1, 0.15) is 0 Å². The van der Waals surface area contributed by atoms with Crippen LogP contribution in [0.1, 0.15) is 10.4 Å². The molecule has 4 heteroatoms. The van der Waals surface area contributed by atoms with E-state index in [1.165, 1.54) is 6.07 Å². The van der Waals surface area contributed by atoms with Gasteiger partial charge in [-0.1, -0.05) is 0 Å². The van der Waals surface area contributed by atoms with Crippen LogP contribution in [0.3, 0.4) is 0 Å². The van der Waals surface area contributed by atoms with Gasteiger partial charge < -0.3 is 0 Å². The number of hydrogen-bond donors (Lipinski definition) is 2. The molecule has 11 heavy (non-hydrogen) atoms. The van der Waals surface area contributed by atoms with E-state index < -0.39 is 5.97 Å². The van der Waals surface area contributed by atoms with E-state index >= 15 is 0 Å². The van der Waals surface area contributed by atoms with Crippen LogP contribution in [0.5, 0.6) is 0 Å². The Morgan fingerprint density at radius 1 is 1.55 bits per heavy atom. The SMILES string of the molecule is Nc1[c]([GeH3])cccc1C(=O)O. The van der Waals surface area contributed by atoms with Gasteiger partial charge in [-0.15, -0.1) is 0 Å². The Balaban J connectivity index is 3.27. The van der Waals surface area contributed by atoms with Crippen LogP contribution in [-0.4, -0.2) is 27.6 Å². The van der Waals surface area contributed by atoms with E-state index in [0.29, 0.717) is 22.2 Å². The molecule has 0 aliphatic rings. The molecule has 0 aliphatic heterocycles. The average Bonchev–Trinajstić information content (AvgIpc) is 1.94. The molecule has 0 aromatic heterocycles. The fourth-order valence-corrected chi connectivity index (χ4v) is 1.84. The van der Waals surface area contributed by atoms with Crippen LogP contribution < -0.4 is 10.1 Å². The van der Waals surface area contributed by atoms with Gasteiger partial charge in [-0.2, -0.15) is 0 Å². The van der Waals surface area contributed by atoms with Crippen LogP contribution in [-0.2, 0) is 0 Å². The first-order valence-electron chi connectivity index (χ1n) is 3.21. The van der Waals surface area contributed by atoms with Crippen molar-refractivity contribution in [2.75, 3.05) is 5.73 Å². The molecule has 0 bridgehead atoms. The third-order valence-corrected chi connectivity index (χ3v) is 3.38. The van der Waals surface area contributed by atoms with Gasteiger partial charge in [-0.3, -0.25) is 0 Å². The van der Waals surface area contributed by atoms with Gasteiger partial charge in [-0.25, -0.2) is 0 Å². The average molecular weight is 212 g/mol. The van der Waals surface area contributed by atoms with Crippen molar-refractivity contribution in [1.29, 1.82) is 0 Å². The molecule has 0 aliphatic carbocycles. The molecule has 1 aromatic carbocycles. The zero-order valence-corrected chi connectivity index (χ0v) is 10.4. The monoisotopic (exact) mass is 213 g/mol. The van der Waals surface area contributed by atoms with Gasteiger partial charge in [0.2, 0.25) is 0 Å². The Morgan fingerprint density at radius 2 is 2.18 bits per heavy atom. The van der Waals surface area contributed by atoms with Crippen LogP contribution in [0.4, 0.5) is 5.69 Å². The first-order chi connectivity index (χ1) is 5.13. The summed E-state index contributed by atoms with van der Waals surface area (Å²) in [6.45, 7) is 0. The minimum absolute atomic E-state index is 0.218. The molecule has 0 amide bonds. The molecule has 0 saturated heterocycles. The van der Waals surface area contributed by atoms with Crippen LogP contribution in [0, 0.1) is 0 Å². The van der Waals surface area contributed by atoms with Crippen molar-refractivity contribution in [2.24, 2.45) is 0 Å². The Hall–Kier alpha value is -0.967. The molecule has 0 atom stereocenters. The van der Waals surface area contributed by atoms with Gasteiger partial charge in [-0.05, 0) is 0 Å². The van der Waals surface area contributed by atoms with Gasteiger partial charge >= 0.3 is 72.0 Å². The Labute approximate surface area is 72.4 Å². The van der Waals surface area contributed by atoms with E-state index in [0.717, 1.165) is 4.40 Å². The minimum atomic E-state index is -0.950. The second-order valence-electron chi connectivity index (χ2n) is 2.34. The van der Waals surface area contributed by atoms with E-state index in [1.54, 1.807) is 6.07 Å². The number of para-hydroxylation sites is 1. The summed E-state index contributed by atoms with van der Waals surface area (Å²) in [5, 5.41) is 8.63. The van der Waals surface area contributed by atoms with E-state index in [4.69, 9.17) is 10.8 Å². The summed E-state index contributed by atoms with van der Waals surface area (Å²) in [7, 11) is 0. The van der Waals surface area contributed by atoms with Crippen molar-refractivity contribution in [3.8, 4) is 0 Å². The quantitative estimate of drug-likeness (QED) is 0.461. The zero-order valence-electron chi connectivity index (χ0n) is 6.16. The van der Waals surface area contributed by atoms with Crippen molar-refractivity contribution in [2.45, 2.75) is 0 Å². The van der Waals surface area contributed by atoms with Gasteiger partial charge in [0.05, 0.1) is 0 Å². The Kier molecular flexibility index (Phi) is 2.19. The molecule has 3 N–H and O–H groups in total. The molecule has 0 unspecified atom stereocenters. The fourth-order valence-electron chi connectivity index (χ4n) is 0.867. The van der Waals surface area contributed by atoms with Gasteiger partial charge in [0.25, 0.3) is 0 Å². The number of rotatable bonds is 1. The molecule has 1 aromatic rings. The first-order valence-corrected chi connectivity index (χ1v) is 5.31. The molecule has 0 saturated carbocycles. The number of nitrogens with two attached hydrogens (primary N) is 1. The number of carboxylic acids is 1. The van der Waals surface area contributed by atoms with Crippen LogP contribution >= 0.6 is 0 Å². The maximum atomic E-state index is 10.5. The summed E-state index contributed by atoms with van der Waals surface area (Å²) >= 11 is 0.433. The summed E-state index contributed by atoms with van der Waals surface area (Å²) in [5.74, 6) is -0.950. The van der Waals surface area contributed by atoms with E-state index in [-0.39, 0.29) is 5.56 Å². The predicted octanol–water partition coefficient (Wildman–Crippen LogP) is -1.04. The number of aromatic carboxylic acids is 1. The summed E-state index contributed by atoms with van der Waals surface area (Å²) in [6.07, 6.45) is 0. The summed E-state index contributed by atoms with van der Waals surface area (Å²) in [5.41, 5.74) is 6.20. The molecule has 0 radical (unpaired) electrons. The number of carbonyl (C=O) groups is 1. The zero-order chi connectivity index (χ0) is 8.43. The molecular formula is C7H9GeNO2. The second-order valence-corrected chi connectivity index (χ2v) is 4.60. The number of anilines is 1. The number of benzene rings is 1. The van der Waals surface area contributed by atoms with Gasteiger partial charge in [0, 0.05) is 0 Å². The van der Waals surface area contributed by atoms with E-state index in [1.807, 2.05) is 6.07 Å². The third kappa shape index (κ3) is 1.54. The third-order valence-electron chi connectivity index (χ3n) is 1.55. The summed E-state index contributed by atoms with van der Waals surface area (Å²) in [6, 6.07) is 5.11. The second kappa shape index (κ2) is 2.96. The van der Waals surface area contributed by atoms with Crippen molar-refractivity contribution in [3.05, 3.63) is 23.8 Å². The molecule has 1 rings (SSSR count). The number of carboxylic acid groups (broad SMARTS) is 1. The van der Waals surface area contributed by atoms with E-state index in [2.05, 4.69) is 0 Å². The van der Waals surface area contributed by atoms with Crippen molar-refractivity contribution >= 4 is 32.6 Å². The van der Waals surface area contributed by atoms with Crippen molar-refractivity contribution < 1.29 is 9.90 Å². The normalized spacial score (nSPS) is 9.82. The maximum absolute atomic E-state index is 10.5. The van der Waals surface area contributed by atoms with Crippen LogP contribution in [0.15, 0.2) is 18.2 Å². The number of nitrogen functional groups attached to an aromatic ring is 1. The van der Waals surface area contributed by atoms with Crippen LogP contribution in [0.25, 0.3) is 0 Å². The van der Waals surface area contributed by atoms with E-state index in [9.17, 15) is 4.79 Å². The molecule has 0 heterocycles. The van der Waals surface area contributed by atoms with Gasteiger partial charge in [0.15, 0.2) is 0 Å². The van der Waals surface area contributed by atoms with Crippen molar-refractivity contribution in [1.82, 2.24) is 0 Å². The Bertz CT molecular complexity index is 298. The van der Waals surface area contributed by atoms with Crippen LogP contribution in [0.2, 0.25) is 0 Å². The van der Waals surface area contributed by atoms with Crippen molar-refractivity contribution in [3.63, 3.8) is 0 Å². The molecular weight excluding hydrogens is 203 g/mol. The molecule has 58 valence electrons.